The third kappa shape index (κ3) is 2.23. The summed E-state index contributed by atoms with van der Waals surface area (Å²) < 4.78 is 6.86. The second-order valence-electron chi connectivity index (χ2n) is 5.70. The summed E-state index contributed by atoms with van der Waals surface area (Å²) in [5, 5.41) is 8.44. The molecule has 0 atom stereocenters. The summed E-state index contributed by atoms with van der Waals surface area (Å²) in [6.07, 6.45) is 0. The molecule has 24 heavy (non-hydrogen) atoms. The molecule has 8 nitrogen and oxygen atoms in total. The smallest absolute Gasteiger partial charge is 0.274 e. The van der Waals surface area contributed by atoms with E-state index in [9.17, 15) is 4.79 Å². The summed E-state index contributed by atoms with van der Waals surface area (Å²) in [5.41, 5.74) is 7.82. The maximum Gasteiger partial charge on any atom is 0.274 e. The van der Waals surface area contributed by atoms with Crippen LogP contribution in [0, 0.1) is 0 Å². The molecule has 3 N–H and O–H groups in total. The van der Waals surface area contributed by atoms with Crippen molar-refractivity contribution in [1.82, 2.24) is 24.8 Å². The van der Waals surface area contributed by atoms with Gasteiger partial charge in [-0.15, -0.1) is 0 Å². The Morgan fingerprint density at radius 1 is 1.33 bits per heavy atom. The molecular weight excluding hydrogens is 308 g/mol. The minimum Gasteiger partial charge on any atom is -0.494 e. The first kappa shape index (κ1) is 14.7. The van der Waals surface area contributed by atoms with Crippen LogP contribution in [-0.4, -0.2) is 58.7 Å². The minimum atomic E-state index is -0.0874. The Morgan fingerprint density at radius 2 is 2.12 bits per heavy atom. The number of methoxy groups -OCH3 is 1. The number of nitrogens with zero attached hydrogens (tertiary/aromatic N) is 4. The molecule has 3 aromatic rings. The Morgan fingerprint density at radius 3 is 2.88 bits per heavy atom. The number of carbonyl (C=O) groups excluding carboxylic acids is 1. The Kier molecular flexibility index (Phi) is 3.46. The Hall–Kier alpha value is -2.87. The number of fused-ring (bicyclic) bond motifs is 3. The van der Waals surface area contributed by atoms with Crippen molar-refractivity contribution < 1.29 is 9.53 Å². The molecule has 0 radical (unpaired) electrons. The zero-order valence-electron chi connectivity index (χ0n) is 13.3. The first-order valence-electron chi connectivity index (χ1n) is 7.81. The van der Waals surface area contributed by atoms with Crippen molar-refractivity contribution in [3.63, 3.8) is 0 Å². The van der Waals surface area contributed by atoms with Gasteiger partial charge in [-0.3, -0.25) is 4.79 Å². The minimum absolute atomic E-state index is 0.0874. The number of amides is 1. The molecule has 3 heterocycles. The van der Waals surface area contributed by atoms with Crippen LogP contribution >= 0.6 is 0 Å². The lowest BCUT2D eigenvalue weighted by Crippen LogP contribution is -2.46. The van der Waals surface area contributed by atoms with Gasteiger partial charge in [0.15, 0.2) is 5.69 Å². The van der Waals surface area contributed by atoms with Crippen molar-refractivity contribution in [1.29, 1.82) is 0 Å². The van der Waals surface area contributed by atoms with E-state index < -0.39 is 0 Å². The van der Waals surface area contributed by atoms with Gasteiger partial charge in [-0.1, -0.05) is 12.1 Å². The molecule has 1 saturated heterocycles. The summed E-state index contributed by atoms with van der Waals surface area (Å²) in [5.74, 6) is 0.773. The van der Waals surface area contributed by atoms with E-state index in [-0.39, 0.29) is 11.9 Å². The summed E-state index contributed by atoms with van der Waals surface area (Å²) in [6.45, 7) is 2.94. The molecule has 0 bridgehead atoms. The van der Waals surface area contributed by atoms with Gasteiger partial charge in [-0.05, 0) is 12.1 Å². The van der Waals surface area contributed by atoms with Crippen LogP contribution in [0.15, 0.2) is 24.3 Å². The number of benzene rings is 1. The van der Waals surface area contributed by atoms with Crippen LogP contribution in [0.2, 0.25) is 0 Å². The van der Waals surface area contributed by atoms with E-state index in [0.717, 1.165) is 24.0 Å². The highest BCUT2D eigenvalue weighted by Crippen LogP contribution is 2.28. The zero-order chi connectivity index (χ0) is 16.7. The molecule has 0 saturated carbocycles. The third-order valence-electron chi connectivity index (χ3n) is 4.27. The number of rotatable bonds is 2. The van der Waals surface area contributed by atoms with Gasteiger partial charge >= 0.3 is 0 Å². The molecule has 0 unspecified atom stereocenters. The summed E-state index contributed by atoms with van der Waals surface area (Å²) in [6, 6.07) is 7.39. The molecule has 0 spiro atoms. The molecule has 1 amide bonds. The zero-order valence-corrected chi connectivity index (χ0v) is 13.3. The van der Waals surface area contributed by atoms with E-state index in [4.69, 9.17) is 10.5 Å². The third-order valence-corrected chi connectivity index (χ3v) is 4.27. The highest BCUT2D eigenvalue weighted by Gasteiger charge is 2.22. The van der Waals surface area contributed by atoms with Crippen molar-refractivity contribution >= 4 is 28.3 Å². The van der Waals surface area contributed by atoms with Crippen LogP contribution in [0.5, 0.6) is 5.75 Å². The second kappa shape index (κ2) is 5.64. The number of nitrogens with one attached hydrogen (secondary N) is 1. The molecule has 1 aromatic carbocycles. The van der Waals surface area contributed by atoms with Gasteiger partial charge < -0.3 is 20.7 Å². The number of anilines is 1. The van der Waals surface area contributed by atoms with Crippen LogP contribution in [-0.2, 0) is 0 Å². The van der Waals surface area contributed by atoms with E-state index >= 15 is 0 Å². The number of piperazine rings is 1. The van der Waals surface area contributed by atoms with Crippen molar-refractivity contribution in [3.8, 4) is 5.75 Å². The lowest BCUT2D eigenvalue weighted by Gasteiger charge is -2.26. The Bertz CT molecular complexity index is 929. The fourth-order valence-corrected chi connectivity index (χ4v) is 3.05. The predicted octanol–water partition coefficient (Wildman–Crippen LogP) is 0.519. The fraction of sp³-hybridized carbons (Fsp3) is 0.312. The predicted molar refractivity (Wildman–Crippen MR) is 90.2 cm³/mol. The SMILES string of the molecule is COc1cccc2c1nc(N)n1nc(C(=O)N3CCNCC3)cc21. The quantitative estimate of drug-likeness (QED) is 0.712. The second-order valence-corrected chi connectivity index (χ2v) is 5.70. The average Bonchev–Trinajstić information content (AvgIpc) is 3.08. The number of aromatic nitrogens is 3. The molecule has 8 heteroatoms. The number of carbonyl (C=O) groups is 1. The molecule has 4 rings (SSSR count). The van der Waals surface area contributed by atoms with Gasteiger partial charge in [0.1, 0.15) is 11.3 Å². The van der Waals surface area contributed by atoms with Gasteiger partial charge in [0.2, 0.25) is 5.95 Å². The lowest BCUT2D eigenvalue weighted by molar-refractivity contribution is 0.0729. The van der Waals surface area contributed by atoms with Gasteiger partial charge in [0.05, 0.1) is 12.6 Å². The highest BCUT2D eigenvalue weighted by molar-refractivity contribution is 6.01. The molecule has 124 valence electrons. The Balaban J connectivity index is 1.86. The fourth-order valence-electron chi connectivity index (χ4n) is 3.05. The van der Waals surface area contributed by atoms with Gasteiger partial charge in [0.25, 0.3) is 5.91 Å². The first-order chi connectivity index (χ1) is 11.7. The van der Waals surface area contributed by atoms with Crippen LogP contribution in [0.1, 0.15) is 10.5 Å². The highest BCUT2D eigenvalue weighted by atomic mass is 16.5. The molecular formula is C16H18N6O2. The van der Waals surface area contributed by atoms with Gasteiger partial charge in [-0.25, -0.2) is 4.98 Å². The number of nitrogen functional groups attached to an aromatic ring is 1. The van der Waals surface area contributed by atoms with E-state index in [1.807, 2.05) is 18.2 Å². The number of ether oxygens (including phenoxy) is 1. The maximum absolute atomic E-state index is 12.7. The normalized spacial score (nSPS) is 15.1. The summed E-state index contributed by atoms with van der Waals surface area (Å²) >= 11 is 0. The summed E-state index contributed by atoms with van der Waals surface area (Å²) in [4.78, 5) is 18.9. The van der Waals surface area contributed by atoms with E-state index in [1.165, 1.54) is 4.52 Å². The number of para-hydroxylation sites is 1. The van der Waals surface area contributed by atoms with Crippen LogP contribution in [0.3, 0.4) is 0 Å². The maximum atomic E-state index is 12.7. The topological polar surface area (TPSA) is 97.8 Å². The number of hydrogen-bond acceptors (Lipinski definition) is 6. The van der Waals surface area contributed by atoms with Crippen molar-refractivity contribution in [3.05, 3.63) is 30.0 Å². The molecule has 0 aliphatic carbocycles. The van der Waals surface area contributed by atoms with Crippen LogP contribution in [0.4, 0.5) is 5.95 Å². The van der Waals surface area contributed by atoms with Crippen LogP contribution in [0.25, 0.3) is 16.4 Å². The van der Waals surface area contributed by atoms with Gasteiger partial charge in [0, 0.05) is 31.6 Å². The van der Waals surface area contributed by atoms with Crippen molar-refractivity contribution in [2.45, 2.75) is 0 Å². The molecule has 2 aromatic heterocycles. The van der Waals surface area contributed by atoms with E-state index in [2.05, 4.69) is 15.4 Å². The Labute approximate surface area is 138 Å². The van der Waals surface area contributed by atoms with Gasteiger partial charge in [-0.2, -0.15) is 9.61 Å². The summed E-state index contributed by atoms with van der Waals surface area (Å²) in [7, 11) is 1.59. The van der Waals surface area contributed by atoms with E-state index in [1.54, 1.807) is 18.1 Å². The standard InChI is InChI=1S/C16H18N6O2/c1-24-13-4-2-3-10-12-9-11(15(23)21-7-5-18-6-8-21)20-22(12)16(17)19-14(10)13/h2-4,9,18H,5-8H2,1H3,(H2,17,19). The first-order valence-corrected chi connectivity index (χ1v) is 7.81. The molecule has 1 fully saturated rings. The number of hydrogen-bond donors (Lipinski definition) is 2. The monoisotopic (exact) mass is 326 g/mol. The van der Waals surface area contributed by atoms with Crippen molar-refractivity contribution in [2.75, 3.05) is 39.0 Å². The van der Waals surface area contributed by atoms with Crippen LogP contribution < -0.4 is 15.8 Å². The van der Waals surface area contributed by atoms with E-state index in [0.29, 0.717) is 30.0 Å². The average molecular weight is 326 g/mol. The lowest BCUT2D eigenvalue weighted by atomic mass is 10.2. The largest absolute Gasteiger partial charge is 0.494 e. The number of nitrogens with two attached hydrogens (primary N) is 1. The molecule has 1 aliphatic heterocycles. The molecule has 1 aliphatic rings. The van der Waals surface area contributed by atoms with Crippen molar-refractivity contribution in [2.24, 2.45) is 0 Å².